The molecule has 4 rings (SSSR count). The molecule has 0 saturated carbocycles. The molecule has 0 saturated heterocycles. The van der Waals surface area contributed by atoms with Gasteiger partial charge in [0.1, 0.15) is 18.4 Å². The number of halogens is 1. The highest BCUT2D eigenvalue weighted by atomic mass is 35.5. The van der Waals surface area contributed by atoms with E-state index in [1.165, 1.54) is 12.7 Å². The van der Waals surface area contributed by atoms with Gasteiger partial charge in [-0.05, 0) is 53.6 Å². The van der Waals surface area contributed by atoms with E-state index >= 15 is 0 Å². The van der Waals surface area contributed by atoms with E-state index in [-0.39, 0.29) is 12.0 Å². The van der Waals surface area contributed by atoms with Crippen LogP contribution in [0.4, 0.5) is 0 Å². The molecule has 0 aliphatic carbocycles. The lowest BCUT2D eigenvalue weighted by molar-refractivity contribution is -0.144. The molecule has 0 aliphatic heterocycles. The maximum atomic E-state index is 12.2. The van der Waals surface area contributed by atoms with Gasteiger partial charge >= 0.3 is 5.97 Å². The molecule has 7 heteroatoms. The predicted octanol–water partition coefficient (Wildman–Crippen LogP) is 4.82. The Hall–Kier alpha value is -3.35. The van der Waals surface area contributed by atoms with Gasteiger partial charge in [0.2, 0.25) is 0 Å². The predicted molar refractivity (Wildman–Crippen MR) is 130 cm³/mol. The Balaban J connectivity index is 1.26. The molecule has 0 fully saturated rings. The smallest absolute Gasteiger partial charge is 0.329 e. The Morgan fingerprint density at radius 3 is 2.67 bits per heavy atom. The van der Waals surface area contributed by atoms with E-state index in [0.717, 1.165) is 28.8 Å². The van der Waals surface area contributed by atoms with Gasteiger partial charge in [0.25, 0.3) is 0 Å². The highest BCUT2D eigenvalue weighted by Gasteiger charge is 2.20. The molecule has 0 bridgehead atoms. The van der Waals surface area contributed by atoms with Crippen LogP contribution in [0.3, 0.4) is 0 Å². The summed E-state index contributed by atoms with van der Waals surface area (Å²) in [5, 5.41) is 5.19. The second-order valence-electron chi connectivity index (χ2n) is 7.67. The van der Waals surface area contributed by atoms with Crippen molar-refractivity contribution in [3.8, 4) is 5.75 Å². The second-order valence-corrected chi connectivity index (χ2v) is 8.11. The molecule has 2 heterocycles. The lowest BCUT2D eigenvalue weighted by Crippen LogP contribution is -2.22. The average Bonchev–Trinajstić information content (AvgIpc) is 3.37. The summed E-state index contributed by atoms with van der Waals surface area (Å²) in [7, 11) is 1.41. The van der Waals surface area contributed by atoms with Crippen LogP contribution in [0, 0.1) is 0 Å². The van der Waals surface area contributed by atoms with Crippen molar-refractivity contribution in [1.29, 1.82) is 0 Å². The van der Waals surface area contributed by atoms with Crippen LogP contribution < -0.4 is 10.1 Å². The van der Waals surface area contributed by atoms with Gasteiger partial charge in [0.05, 0.1) is 12.6 Å². The third kappa shape index (κ3) is 5.92. The molecule has 0 aliphatic rings. The number of benzene rings is 2. The first-order valence-electron chi connectivity index (χ1n) is 10.8. The van der Waals surface area contributed by atoms with Crippen LogP contribution in [0.1, 0.15) is 17.2 Å². The van der Waals surface area contributed by atoms with Crippen molar-refractivity contribution in [3.63, 3.8) is 0 Å². The number of nitrogens with zero attached hydrogens (tertiary/aromatic N) is 2. The van der Waals surface area contributed by atoms with Gasteiger partial charge in [-0.25, -0.2) is 4.79 Å². The van der Waals surface area contributed by atoms with Gasteiger partial charge in [-0.2, -0.15) is 0 Å². The van der Waals surface area contributed by atoms with Crippen molar-refractivity contribution in [2.45, 2.75) is 19.0 Å². The van der Waals surface area contributed by atoms with Crippen molar-refractivity contribution in [2.75, 3.05) is 20.3 Å². The molecule has 0 unspecified atom stereocenters. The summed E-state index contributed by atoms with van der Waals surface area (Å²) in [6.07, 6.45) is 6.09. The van der Waals surface area contributed by atoms with E-state index in [2.05, 4.69) is 10.3 Å². The summed E-state index contributed by atoms with van der Waals surface area (Å²) >= 11 is 6.06. The third-order valence-electron chi connectivity index (χ3n) is 5.47. The number of ether oxygens (including phenoxy) is 2. The number of esters is 1. The molecule has 0 amide bonds. The van der Waals surface area contributed by atoms with E-state index in [1.807, 2.05) is 77.6 Å². The van der Waals surface area contributed by atoms with E-state index in [4.69, 9.17) is 21.1 Å². The molecule has 4 aromatic rings. The lowest BCUT2D eigenvalue weighted by atomic mass is 10.1. The van der Waals surface area contributed by atoms with Crippen molar-refractivity contribution < 1.29 is 14.3 Å². The maximum Gasteiger partial charge on any atom is 0.329 e. The summed E-state index contributed by atoms with van der Waals surface area (Å²) in [6.45, 7) is 1.97. The SMILES string of the molecule is COC(=O)[C@H](Cc1ccc(OCCNCc2ccnc3cc(Cl)ccc23)cc1)n1cccc1. The van der Waals surface area contributed by atoms with Crippen LogP contribution in [0.25, 0.3) is 10.9 Å². The van der Waals surface area contributed by atoms with Crippen LogP contribution in [0.2, 0.25) is 5.02 Å². The summed E-state index contributed by atoms with van der Waals surface area (Å²) in [4.78, 5) is 16.6. The van der Waals surface area contributed by atoms with Gasteiger partial charge in [-0.1, -0.05) is 29.8 Å². The largest absolute Gasteiger partial charge is 0.492 e. The van der Waals surface area contributed by atoms with Crippen LogP contribution in [-0.2, 0) is 22.5 Å². The zero-order valence-electron chi connectivity index (χ0n) is 18.4. The summed E-state index contributed by atoms with van der Waals surface area (Å²) in [5.41, 5.74) is 3.10. The van der Waals surface area contributed by atoms with E-state index < -0.39 is 0 Å². The first-order chi connectivity index (χ1) is 16.1. The molecule has 1 N–H and O–H groups in total. The molecule has 0 spiro atoms. The zero-order chi connectivity index (χ0) is 23.0. The zero-order valence-corrected chi connectivity index (χ0v) is 19.2. The Bertz CT molecular complexity index is 1190. The Morgan fingerprint density at radius 1 is 1.12 bits per heavy atom. The third-order valence-corrected chi connectivity index (χ3v) is 5.71. The standard InChI is InChI=1S/C26H26ClN3O3/c1-32-26(31)25(30-13-2-3-14-30)16-19-4-7-22(8-5-19)33-15-12-28-18-20-10-11-29-24-17-21(27)6-9-23(20)24/h2-11,13-14,17,25,28H,12,15-16,18H2,1H3/t25-/m0/s1. The Labute approximate surface area is 198 Å². The van der Waals surface area contributed by atoms with E-state index in [1.54, 1.807) is 6.20 Å². The number of rotatable bonds is 10. The molecular formula is C26H26ClN3O3. The van der Waals surface area contributed by atoms with Crippen LogP contribution in [0.5, 0.6) is 5.75 Å². The quantitative estimate of drug-likeness (QED) is 0.270. The van der Waals surface area contributed by atoms with Gasteiger partial charge in [-0.3, -0.25) is 4.98 Å². The summed E-state index contributed by atoms with van der Waals surface area (Å²) in [6, 6.07) is 19.0. The number of hydrogen-bond acceptors (Lipinski definition) is 5. The number of hydrogen-bond donors (Lipinski definition) is 1. The fourth-order valence-corrected chi connectivity index (χ4v) is 3.91. The number of aromatic nitrogens is 2. The highest BCUT2D eigenvalue weighted by molar-refractivity contribution is 6.31. The van der Waals surface area contributed by atoms with Crippen molar-refractivity contribution in [2.24, 2.45) is 0 Å². The number of carbonyl (C=O) groups excluding carboxylic acids is 1. The molecule has 0 radical (unpaired) electrons. The van der Waals surface area contributed by atoms with Crippen molar-refractivity contribution in [1.82, 2.24) is 14.9 Å². The van der Waals surface area contributed by atoms with Crippen molar-refractivity contribution in [3.05, 3.63) is 95.4 Å². The van der Waals surface area contributed by atoms with Crippen molar-refractivity contribution >= 4 is 28.5 Å². The number of pyridine rings is 1. The first-order valence-corrected chi connectivity index (χ1v) is 11.2. The monoisotopic (exact) mass is 463 g/mol. The van der Waals surface area contributed by atoms with Gasteiger partial charge < -0.3 is 19.4 Å². The maximum absolute atomic E-state index is 12.2. The minimum Gasteiger partial charge on any atom is -0.492 e. The second kappa shape index (κ2) is 11.0. The first kappa shape index (κ1) is 22.8. The fourth-order valence-electron chi connectivity index (χ4n) is 3.75. The van der Waals surface area contributed by atoms with Crippen LogP contribution in [0.15, 0.2) is 79.3 Å². The van der Waals surface area contributed by atoms with E-state index in [9.17, 15) is 4.79 Å². The molecule has 6 nitrogen and oxygen atoms in total. The van der Waals surface area contributed by atoms with Crippen LogP contribution in [-0.4, -0.2) is 35.8 Å². The van der Waals surface area contributed by atoms with Gasteiger partial charge in [-0.15, -0.1) is 0 Å². The molecule has 2 aromatic carbocycles. The normalized spacial score (nSPS) is 11.9. The highest BCUT2D eigenvalue weighted by Crippen LogP contribution is 2.21. The van der Waals surface area contributed by atoms with E-state index in [0.29, 0.717) is 24.6 Å². The molecule has 2 aromatic heterocycles. The number of nitrogens with one attached hydrogen (secondary N) is 1. The minimum absolute atomic E-state index is 0.261. The summed E-state index contributed by atoms with van der Waals surface area (Å²) in [5.74, 6) is 0.530. The lowest BCUT2D eigenvalue weighted by Gasteiger charge is -2.17. The molecular weight excluding hydrogens is 438 g/mol. The number of fused-ring (bicyclic) bond motifs is 1. The Kier molecular flexibility index (Phi) is 7.60. The fraction of sp³-hybridized carbons (Fsp3) is 0.231. The molecule has 1 atom stereocenters. The van der Waals surface area contributed by atoms with Gasteiger partial charge in [0, 0.05) is 48.5 Å². The number of carbonyl (C=O) groups is 1. The minimum atomic E-state index is -0.388. The molecule has 170 valence electrons. The molecule has 33 heavy (non-hydrogen) atoms. The number of methoxy groups -OCH3 is 1. The van der Waals surface area contributed by atoms with Gasteiger partial charge in [0.15, 0.2) is 0 Å². The Morgan fingerprint density at radius 2 is 1.91 bits per heavy atom. The average molecular weight is 464 g/mol. The summed E-state index contributed by atoms with van der Waals surface area (Å²) < 4.78 is 12.7. The van der Waals surface area contributed by atoms with Crippen LogP contribution >= 0.6 is 11.6 Å². The topological polar surface area (TPSA) is 65.4 Å².